The van der Waals surface area contributed by atoms with Gasteiger partial charge in [-0.2, -0.15) is 11.8 Å². The zero-order valence-corrected chi connectivity index (χ0v) is 12.3. The Morgan fingerprint density at radius 3 is 2.71 bits per heavy atom. The van der Waals surface area contributed by atoms with Crippen LogP contribution in [0.3, 0.4) is 0 Å². The standard InChI is InChI=1S/C14H27NOS/c1-11-8-13(2,3)5-4-12(11)15-9-14(16)6-7-17-10-14/h11-12,15-16H,4-10H2,1-3H3. The third kappa shape index (κ3) is 3.62. The van der Waals surface area contributed by atoms with Gasteiger partial charge in [-0.1, -0.05) is 20.8 Å². The van der Waals surface area contributed by atoms with Crippen LogP contribution in [0.2, 0.25) is 0 Å². The second kappa shape index (κ2) is 5.10. The van der Waals surface area contributed by atoms with Gasteiger partial charge in [-0.25, -0.2) is 0 Å². The van der Waals surface area contributed by atoms with Crippen LogP contribution in [0.1, 0.15) is 46.5 Å². The molecule has 1 saturated carbocycles. The fourth-order valence-electron chi connectivity index (χ4n) is 3.31. The lowest BCUT2D eigenvalue weighted by molar-refractivity contribution is 0.0544. The number of nitrogens with one attached hydrogen (secondary N) is 1. The molecule has 2 N–H and O–H groups in total. The molecule has 0 spiro atoms. The Hall–Kier alpha value is 0.270. The molecule has 1 aliphatic carbocycles. The van der Waals surface area contributed by atoms with Gasteiger partial charge in [0.25, 0.3) is 0 Å². The molecule has 0 aromatic heterocycles. The van der Waals surface area contributed by atoms with Crippen LogP contribution in [0.15, 0.2) is 0 Å². The van der Waals surface area contributed by atoms with E-state index in [9.17, 15) is 5.11 Å². The van der Waals surface area contributed by atoms with Crippen LogP contribution in [0.5, 0.6) is 0 Å². The summed E-state index contributed by atoms with van der Waals surface area (Å²) in [6.07, 6.45) is 4.83. The molecule has 1 heterocycles. The first-order chi connectivity index (χ1) is 7.90. The third-order valence-corrected chi connectivity index (χ3v) is 5.70. The molecule has 100 valence electrons. The molecular weight excluding hydrogens is 230 g/mol. The molecule has 2 fully saturated rings. The van der Waals surface area contributed by atoms with Crippen molar-refractivity contribution in [2.45, 2.75) is 58.1 Å². The van der Waals surface area contributed by atoms with Crippen molar-refractivity contribution in [3.8, 4) is 0 Å². The topological polar surface area (TPSA) is 32.3 Å². The first kappa shape index (κ1) is 13.7. The van der Waals surface area contributed by atoms with E-state index in [4.69, 9.17) is 0 Å². The van der Waals surface area contributed by atoms with Crippen molar-refractivity contribution >= 4 is 11.8 Å². The van der Waals surface area contributed by atoms with Gasteiger partial charge in [-0.3, -0.25) is 0 Å². The molecule has 17 heavy (non-hydrogen) atoms. The van der Waals surface area contributed by atoms with Gasteiger partial charge in [-0.05, 0) is 42.8 Å². The van der Waals surface area contributed by atoms with E-state index < -0.39 is 5.60 Å². The van der Waals surface area contributed by atoms with Crippen LogP contribution in [-0.2, 0) is 0 Å². The van der Waals surface area contributed by atoms with E-state index in [0.29, 0.717) is 11.5 Å². The van der Waals surface area contributed by atoms with Crippen molar-refractivity contribution in [3.05, 3.63) is 0 Å². The Labute approximate surface area is 110 Å². The van der Waals surface area contributed by atoms with Crippen molar-refractivity contribution in [3.63, 3.8) is 0 Å². The summed E-state index contributed by atoms with van der Waals surface area (Å²) in [5.74, 6) is 2.76. The zero-order valence-electron chi connectivity index (χ0n) is 11.5. The van der Waals surface area contributed by atoms with E-state index >= 15 is 0 Å². The van der Waals surface area contributed by atoms with Crippen LogP contribution in [0.4, 0.5) is 0 Å². The van der Waals surface area contributed by atoms with Gasteiger partial charge in [0.2, 0.25) is 0 Å². The average molecular weight is 257 g/mol. The van der Waals surface area contributed by atoms with Gasteiger partial charge in [0.15, 0.2) is 0 Å². The normalized spacial score (nSPS) is 41.6. The summed E-state index contributed by atoms with van der Waals surface area (Å²) >= 11 is 1.88. The Kier molecular flexibility index (Phi) is 4.11. The third-order valence-electron chi connectivity index (χ3n) is 4.47. The lowest BCUT2D eigenvalue weighted by atomic mass is 9.70. The lowest BCUT2D eigenvalue weighted by Gasteiger charge is -2.40. The first-order valence-corrected chi connectivity index (χ1v) is 8.09. The summed E-state index contributed by atoms with van der Waals surface area (Å²) in [7, 11) is 0. The zero-order chi connectivity index (χ0) is 12.5. The van der Waals surface area contributed by atoms with Crippen LogP contribution < -0.4 is 5.32 Å². The van der Waals surface area contributed by atoms with Gasteiger partial charge < -0.3 is 10.4 Å². The minimum atomic E-state index is -0.433. The number of aliphatic hydroxyl groups is 1. The van der Waals surface area contributed by atoms with E-state index in [1.807, 2.05) is 11.8 Å². The Balaban J connectivity index is 1.80. The summed E-state index contributed by atoms with van der Waals surface area (Å²) < 4.78 is 0. The monoisotopic (exact) mass is 257 g/mol. The highest BCUT2D eigenvalue weighted by Gasteiger charge is 2.35. The Bertz CT molecular complexity index is 261. The predicted octanol–water partition coefficient (Wildman–Crippen LogP) is 2.66. The fourth-order valence-corrected chi connectivity index (χ4v) is 4.60. The minimum absolute atomic E-state index is 0.433. The summed E-state index contributed by atoms with van der Waals surface area (Å²) in [6, 6.07) is 0.609. The number of hydrogen-bond donors (Lipinski definition) is 2. The van der Waals surface area contributed by atoms with E-state index in [0.717, 1.165) is 30.4 Å². The summed E-state index contributed by atoms with van der Waals surface area (Å²) in [6.45, 7) is 7.89. The van der Waals surface area contributed by atoms with Crippen molar-refractivity contribution < 1.29 is 5.11 Å². The second-order valence-corrected chi connectivity index (χ2v) is 8.00. The highest BCUT2D eigenvalue weighted by Crippen LogP contribution is 2.38. The molecule has 1 saturated heterocycles. The Morgan fingerprint density at radius 2 is 2.12 bits per heavy atom. The summed E-state index contributed by atoms with van der Waals surface area (Å²) in [5.41, 5.74) is 0.0784. The second-order valence-electron chi connectivity index (χ2n) is 6.90. The molecular formula is C14H27NOS. The number of hydrogen-bond acceptors (Lipinski definition) is 3. The van der Waals surface area contributed by atoms with Crippen LogP contribution in [0.25, 0.3) is 0 Å². The maximum Gasteiger partial charge on any atom is 0.0869 e. The largest absolute Gasteiger partial charge is 0.388 e. The van der Waals surface area contributed by atoms with Gasteiger partial charge in [0, 0.05) is 18.3 Å². The van der Waals surface area contributed by atoms with Gasteiger partial charge in [-0.15, -0.1) is 0 Å². The van der Waals surface area contributed by atoms with Crippen molar-refractivity contribution in [2.24, 2.45) is 11.3 Å². The van der Waals surface area contributed by atoms with E-state index in [2.05, 4.69) is 26.1 Å². The predicted molar refractivity (Wildman–Crippen MR) is 75.5 cm³/mol. The molecule has 2 rings (SSSR count). The maximum absolute atomic E-state index is 10.3. The van der Waals surface area contributed by atoms with Gasteiger partial charge >= 0.3 is 0 Å². The molecule has 2 aliphatic rings. The highest BCUT2D eigenvalue weighted by atomic mass is 32.2. The minimum Gasteiger partial charge on any atom is -0.388 e. The van der Waals surface area contributed by atoms with Gasteiger partial charge in [0.05, 0.1) is 5.60 Å². The molecule has 3 atom stereocenters. The van der Waals surface area contributed by atoms with Crippen molar-refractivity contribution in [1.82, 2.24) is 5.32 Å². The van der Waals surface area contributed by atoms with Crippen molar-refractivity contribution in [2.75, 3.05) is 18.1 Å². The molecule has 0 radical (unpaired) electrons. The highest BCUT2D eigenvalue weighted by molar-refractivity contribution is 7.99. The van der Waals surface area contributed by atoms with Gasteiger partial charge in [0.1, 0.15) is 0 Å². The maximum atomic E-state index is 10.3. The van der Waals surface area contributed by atoms with E-state index in [1.54, 1.807) is 0 Å². The number of rotatable bonds is 3. The number of thioether (sulfide) groups is 1. The molecule has 0 aromatic carbocycles. The summed E-state index contributed by atoms with van der Waals surface area (Å²) in [4.78, 5) is 0. The van der Waals surface area contributed by atoms with Crippen LogP contribution >= 0.6 is 11.8 Å². The summed E-state index contributed by atoms with van der Waals surface area (Å²) in [5, 5.41) is 14.0. The fraction of sp³-hybridized carbons (Fsp3) is 1.00. The van der Waals surface area contributed by atoms with E-state index in [-0.39, 0.29) is 0 Å². The molecule has 0 amide bonds. The van der Waals surface area contributed by atoms with Crippen LogP contribution in [0, 0.1) is 11.3 Å². The van der Waals surface area contributed by atoms with Crippen molar-refractivity contribution in [1.29, 1.82) is 0 Å². The first-order valence-electron chi connectivity index (χ1n) is 6.94. The SMILES string of the molecule is CC1CC(C)(C)CCC1NCC1(O)CCSC1. The average Bonchev–Trinajstić information content (AvgIpc) is 2.63. The van der Waals surface area contributed by atoms with E-state index in [1.165, 1.54) is 19.3 Å². The molecule has 3 heteroatoms. The molecule has 3 unspecified atom stereocenters. The van der Waals surface area contributed by atoms with Crippen LogP contribution in [-0.4, -0.2) is 34.8 Å². The molecule has 1 aliphatic heterocycles. The molecule has 0 bridgehead atoms. The lowest BCUT2D eigenvalue weighted by Crippen LogP contribution is -2.49. The molecule has 0 aromatic rings. The Morgan fingerprint density at radius 1 is 1.35 bits per heavy atom. The smallest absolute Gasteiger partial charge is 0.0869 e. The quantitative estimate of drug-likeness (QED) is 0.815. The molecule has 2 nitrogen and oxygen atoms in total.